The van der Waals surface area contributed by atoms with Gasteiger partial charge in [0.15, 0.2) is 0 Å². The van der Waals surface area contributed by atoms with E-state index < -0.39 is 0 Å². The lowest BCUT2D eigenvalue weighted by atomic mass is 10.0. The molecule has 0 saturated heterocycles. The Bertz CT molecular complexity index is 606. The normalized spacial score (nSPS) is 11.9. The highest BCUT2D eigenvalue weighted by Gasteiger charge is 2.22. The van der Waals surface area contributed by atoms with E-state index in [1.807, 2.05) is 36.4 Å². The maximum atomic E-state index is 6.07. The molecular formula is C16H16BrClO3. The van der Waals surface area contributed by atoms with Crippen molar-refractivity contribution in [1.82, 2.24) is 0 Å². The first kappa shape index (κ1) is 16.0. The molecule has 0 bridgehead atoms. The Labute approximate surface area is 137 Å². The third kappa shape index (κ3) is 3.44. The topological polar surface area (TPSA) is 27.7 Å². The maximum absolute atomic E-state index is 6.07. The van der Waals surface area contributed by atoms with Crippen LogP contribution in [-0.2, 0) is 0 Å². The van der Waals surface area contributed by atoms with Crippen LogP contribution in [0, 0.1) is 0 Å². The highest BCUT2D eigenvalue weighted by atomic mass is 79.9. The number of hydrogen-bond donors (Lipinski definition) is 0. The Balaban J connectivity index is 2.55. The largest absolute Gasteiger partial charge is 0.496 e. The Morgan fingerprint density at radius 3 is 2.05 bits per heavy atom. The summed E-state index contributed by atoms with van der Waals surface area (Å²) < 4.78 is 16.2. The van der Waals surface area contributed by atoms with E-state index in [2.05, 4.69) is 15.9 Å². The van der Waals surface area contributed by atoms with Crippen LogP contribution < -0.4 is 14.2 Å². The van der Waals surface area contributed by atoms with E-state index in [0.29, 0.717) is 22.3 Å². The van der Waals surface area contributed by atoms with Crippen LogP contribution in [0.5, 0.6) is 17.2 Å². The molecule has 0 spiro atoms. The minimum absolute atomic E-state index is 0.105. The van der Waals surface area contributed by atoms with Crippen molar-refractivity contribution >= 4 is 27.5 Å². The molecule has 1 atom stereocenters. The summed E-state index contributed by atoms with van der Waals surface area (Å²) in [4.78, 5) is -0.105. The van der Waals surface area contributed by atoms with Gasteiger partial charge in [0.25, 0.3) is 0 Å². The Morgan fingerprint density at radius 2 is 1.57 bits per heavy atom. The van der Waals surface area contributed by atoms with Crippen LogP contribution in [0.1, 0.15) is 16.0 Å². The first-order chi connectivity index (χ1) is 10.1. The average Bonchev–Trinajstić information content (AvgIpc) is 2.52. The molecule has 3 nitrogen and oxygen atoms in total. The zero-order valence-corrected chi connectivity index (χ0v) is 14.4. The summed E-state index contributed by atoms with van der Waals surface area (Å²) in [6, 6.07) is 11.3. The van der Waals surface area contributed by atoms with E-state index >= 15 is 0 Å². The van der Waals surface area contributed by atoms with Gasteiger partial charge >= 0.3 is 0 Å². The summed E-state index contributed by atoms with van der Waals surface area (Å²) in [5.41, 5.74) is 1.91. The number of methoxy groups -OCH3 is 3. The molecule has 0 aromatic heterocycles. The van der Waals surface area contributed by atoms with Crippen LogP contribution in [0.4, 0.5) is 0 Å². The zero-order valence-electron chi connectivity index (χ0n) is 12.0. The van der Waals surface area contributed by atoms with Crippen molar-refractivity contribution < 1.29 is 14.2 Å². The first-order valence-corrected chi connectivity index (χ1v) is 7.59. The van der Waals surface area contributed by atoms with Gasteiger partial charge in [-0.1, -0.05) is 39.7 Å². The van der Waals surface area contributed by atoms with Gasteiger partial charge < -0.3 is 14.2 Å². The van der Waals surface area contributed by atoms with Crippen molar-refractivity contribution in [2.45, 2.75) is 4.83 Å². The maximum Gasteiger partial charge on any atom is 0.130 e. The van der Waals surface area contributed by atoms with Gasteiger partial charge in [-0.05, 0) is 17.7 Å². The van der Waals surface area contributed by atoms with E-state index in [1.165, 1.54) is 0 Å². The van der Waals surface area contributed by atoms with Crippen molar-refractivity contribution in [3.8, 4) is 17.2 Å². The molecule has 0 heterocycles. The van der Waals surface area contributed by atoms with Crippen LogP contribution in [-0.4, -0.2) is 21.3 Å². The van der Waals surface area contributed by atoms with Gasteiger partial charge in [-0.15, -0.1) is 0 Å². The summed E-state index contributed by atoms with van der Waals surface area (Å²) in [6.07, 6.45) is 0. The van der Waals surface area contributed by atoms with Gasteiger partial charge in [0.05, 0.1) is 31.7 Å². The smallest absolute Gasteiger partial charge is 0.130 e. The molecule has 112 valence electrons. The predicted molar refractivity (Wildman–Crippen MR) is 88.3 cm³/mol. The molecule has 2 rings (SSSR count). The standard InChI is InChI=1S/C16H16BrClO3/c1-19-12-8-13(20-2)15(14(9-12)21-3)16(17)10-5-4-6-11(18)7-10/h4-9,16H,1-3H3. The molecule has 0 saturated carbocycles. The van der Waals surface area contributed by atoms with E-state index in [9.17, 15) is 0 Å². The third-order valence-corrected chi connectivity index (χ3v) is 4.37. The van der Waals surface area contributed by atoms with Crippen molar-refractivity contribution in [2.24, 2.45) is 0 Å². The predicted octanol–water partition coefficient (Wildman–Crippen LogP) is 4.85. The highest BCUT2D eigenvalue weighted by Crippen LogP contribution is 2.44. The number of alkyl halides is 1. The highest BCUT2D eigenvalue weighted by molar-refractivity contribution is 9.09. The summed E-state index contributed by atoms with van der Waals surface area (Å²) in [5.74, 6) is 2.05. The Hall–Kier alpha value is -1.39. The van der Waals surface area contributed by atoms with E-state index in [0.717, 1.165) is 11.1 Å². The fraction of sp³-hybridized carbons (Fsp3) is 0.250. The van der Waals surface area contributed by atoms with Crippen molar-refractivity contribution in [3.63, 3.8) is 0 Å². The van der Waals surface area contributed by atoms with Gasteiger partial charge in [0.2, 0.25) is 0 Å². The first-order valence-electron chi connectivity index (χ1n) is 6.30. The number of halogens is 2. The lowest BCUT2D eigenvalue weighted by Crippen LogP contribution is -2.01. The average molecular weight is 372 g/mol. The fourth-order valence-electron chi connectivity index (χ4n) is 2.11. The molecule has 0 radical (unpaired) electrons. The SMILES string of the molecule is COc1cc(OC)c(C(Br)c2cccc(Cl)c2)c(OC)c1. The zero-order chi connectivity index (χ0) is 15.4. The van der Waals surface area contributed by atoms with E-state index in [1.54, 1.807) is 21.3 Å². The summed E-state index contributed by atoms with van der Waals surface area (Å²) >= 11 is 9.77. The molecule has 2 aromatic rings. The number of ether oxygens (including phenoxy) is 3. The molecule has 0 aliphatic rings. The van der Waals surface area contributed by atoms with Crippen molar-refractivity contribution in [1.29, 1.82) is 0 Å². The van der Waals surface area contributed by atoms with Gasteiger partial charge in [-0.2, -0.15) is 0 Å². The van der Waals surface area contributed by atoms with E-state index in [4.69, 9.17) is 25.8 Å². The number of rotatable bonds is 5. The lowest BCUT2D eigenvalue weighted by molar-refractivity contribution is 0.369. The van der Waals surface area contributed by atoms with Crippen molar-refractivity contribution in [3.05, 3.63) is 52.5 Å². The second kappa shape index (κ2) is 7.05. The second-order valence-electron chi connectivity index (χ2n) is 4.36. The second-order valence-corrected chi connectivity index (χ2v) is 5.72. The van der Waals surface area contributed by atoms with Gasteiger partial charge in [-0.25, -0.2) is 0 Å². The van der Waals surface area contributed by atoms with Gasteiger partial charge in [0, 0.05) is 17.2 Å². The molecule has 0 fully saturated rings. The van der Waals surface area contributed by atoms with Gasteiger partial charge in [-0.3, -0.25) is 0 Å². The molecule has 1 unspecified atom stereocenters. The summed E-state index contributed by atoms with van der Waals surface area (Å²) in [6.45, 7) is 0. The monoisotopic (exact) mass is 370 g/mol. The van der Waals surface area contributed by atoms with Crippen LogP contribution in [0.2, 0.25) is 5.02 Å². The summed E-state index contributed by atoms with van der Waals surface area (Å²) in [5, 5.41) is 0.684. The fourth-order valence-corrected chi connectivity index (χ4v) is 3.05. The molecule has 0 aliphatic carbocycles. The molecule has 0 amide bonds. The third-order valence-electron chi connectivity index (χ3n) is 3.15. The van der Waals surface area contributed by atoms with Crippen LogP contribution >= 0.6 is 27.5 Å². The lowest BCUT2D eigenvalue weighted by Gasteiger charge is -2.19. The molecular weight excluding hydrogens is 356 g/mol. The molecule has 21 heavy (non-hydrogen) atoms. The molecule has 5 heteroatoms. The molecule has 2 aromatic carbocycles. The Kier molecular flexibility index (Phi) is 5.37. The minimum Gasteiger partial charge on any atom is -0.496 e. The van der Waals surface area contributed by atoms with Crippen LogP contribution in [0.3, 0.4) is 0 Å². The van der Waals surface area contributed by atoms with Crippen LogP contribution in [0.15, 0.2) is 36.4 Å². The Morgan fingerprint density at radius 1 is 0.952 bits per heavy atom. The van der Waals surface area contributed by atoms with Crippen LogP contribution in [0.25, 0.3) is 0 Å². The summed E-state index contributed by atoms with van der Waals surface area (Å²) in [7, 11) is 4.85. The molecule has 0 aliphatic heterocycles. The number of hydrogen-bond acceptors (Lipinski definition) is 3. The molecule has 0 N–H and O–H groups in total. The number of benzene rings is 2. The van der Waals surface area contributed by atoms with E-state index in [-0.39, 0.29) is 4.83 Å². The quantitative estimate of drug-likeness (QED) is 0.703. The van der Waals surface area contributed by atoms with Gasteiger partial charge in [0.1, 0.15) is 17.2 Å². The minimum atomic E-state index is -0.105. The van der Waals surface area contributed by atoms with Crippen molar-refractivity contribution in [2.75, 3.05) is 21.3 Å².